The summed E-state index contributed by atoms with van der Waals surface area (Å²) in [5.41, 5.74) is -0.244. The Morgan fingerprint density at radius 3 is 2.48 bits per heavy atom. The highest BCUT2D eigenvalue weighted by Gasteiger charge is 2.38. The molecule has 1 heterocycles. The number of benzene rings is 1. The smallest absolute Gasteiger partial charge is 0.243 e. The first-order valence-electron chi connectivity index (χ1n) is 8.42. The SMILES string of the molecule is CCOc1cc(S(=O)(=O)N2CCC(CO)(CN(C)C)CC2)ccc1Cl. The molecule has 1 N–H and O–H groups in total. The zero-order valence-electron chi connectivity index (χ0n) is 15.0. The number of aliphatic hydroxyl groups excluding tert-OH is 1. The minimum absolute atomic E-state index is 0.0640. The molecule has 0 bridgehead atoms. The number of piperidine rings is 1. The van der Waals surface area contributed by atoms with Crippen molar-refractivity contribution >= 4 is 21.6 Å². The highest BCUT2D eigenvalue weighted by molar-refractivity contribution is 7.89. The van der Waals surface area contributed by atoms with E-state index in [1.807, 2.05) is 25.9 Å². The highest BCUT2D eigenvalue weighted by Crippen LogP contribution is 2.35. The molecule has 0 unspecified atom stereocenters. The molecule has 0 radical (unpaired) electrons. The molecule has 1 saturated heterocycles. The standard InChI is InChI=1S/C17H27ClN2O4S/c1-4-24-16-11-14(5-6-15(16)18)25(22,23)20-9-7-17(13-21,8-10-20)12-19(2)3/h5-6,11,21H,4,7-10,12-13H2,1-3H3. The van der Waals surface area contributed by atoms with Crippen LogP contribution in [-0.2, 0) is 10.0 Å². The third-order valence-electron chi connectivity index (χ3n) is 4.61. The Morgan fingerprint density at radius 1 is 1.32 bits per heavy atom. The number of sulfonamides is 1. The van der Waals surface area contributed by atoms with Gasteiger partial charge in [0.25, 0.3) is 0 Å². The molecular weight excluding hydrogens is 364 g/mol. The van der Waals surface area contributed by atoms with E-state index in [1.54, 1.807) is 6.07 Å². The summed E-state index contributed by atoms with van der Waals surface area (Å²) in [6, 6.07) is 4.54. The quantitative estimate of drug-likeness (QED) is 0.771. The summed E-state index contributed by atoms with van der Waals surface area (Å²) in [5, 5.41) is 10.2. The predicted octanol–water partition coefficient (Wildman–Crippen LogP) is 2.06. The van der Waals surface area contributed by atoms with Gasteiger partial charge in [0.15, 0.2) is 0 Å². The lowest BCUT2D eigenvalue weighted by molar-refractivity contribution is 0.0442. The Hall–Kier alpha value is -0.860. The maximum Gasteiger partial charge on any atom is 0.243 e. The van der Waals surface area contributed by atoms with Crippen LogP contribution in [0.25, 0.3) is 0 Å². The Labute approximate surface area is 155 Å². The minimum atomic E-state index is -3.61. The molecular formula is C17H27ClN2O4S. The van der Waals surface area contributed by atoms with Crippen LogP contribution >= 0.6 is 11.6 Å². The van der Waals surface area contributed by atoms with E-state index in [0.717, 1.165) is 6.54 Å². The summed E-state index contributed by atoms with van der Waals surface area (Å²) in [5.74, 6) is 0.375. The van der Waals surface area contributed by atoms with Gasteiger partial charge in [0, 0.05) is 31.1 Å². The van der Waals surface area contributed by atoms with E-state index in [0.29, 0.717) is 43.3 Å². The first kappa shape index (κ1) is 20.5. The third kappa shape index (κ3) is 4.65. The van der Waals surface area contributed by atoms with Gasteiger partial charge < -0.3 is 14.7 Å². The van der Waals surface area contributed by atoms with Gasteiger partial charge in [-0.2, -0.15) is 4.31 Å². The van der Waals surface area contributed by atoms with Crippen molar-refractivity contribution in [3.05, 3.63) is 23.2 Å². The fourth-order valence-corrected chi connectivity index (χ4v) is 4.93. The van der Waals surface area contributed by atoms with Crippen LogP contribution < -0.4 is 4.74 Å². The lowest BCUT2D eigenvalue weighted by Gasteiger charge is -2.41. The monoisotopic (exact) mass is 390 g/mol. The molecule has 0 amide bonds. The first-order chi connectivity index (χ1) is 11.7. The number of ether oxygens (including phenoxy) is 1. The van der Waals surface area contributed by atoms with Gasteiger partial charge in [0.2, 0.25) is 10.0 Å². The van der Waals surface area contributed by atoms with Crippen molar-refractivity contribution < 1.29 is 18.3 Å². The van der Waals surface area contributed by atoms with Crippen molar-refractivity contribution in [2.75, 3.05) is 46.9 Å². The van der Waals surface area contributed by atoms with Gasteiger partial charge in [-0.05, 0) is 46.0 Å². The number of halogens is 1. The number of aliphatic hydroxyl groups is 1. The molecule has 0 saturated carbocycles. The Morgan fingerprint density at radius 2 is 1.96 bits per heavy atom. The van der Waals surface area contributed by atoms with Gasteiger partial charge >= 0.3 is 0 Å². The van der Waals surface area contributed by atoms with E-state index in [2.05, 4.69) is 0 Å². The van der Waals surface area contributed by atoms with Gasteiger partial charge in [-0.3, -0.25) is 0 Å². The number of hydrogen-bond acceptors (Lipinski definition) is 5. The van der Waals surface area contributed by atoms with Crippen molar-refractivity contribution in [1.29, 1.82) is 0 Å². The molecule has 1 fully saturated rings. The molecule has 8 heteroatoms. The molecule has 0 spiro atoms. The molecule has 1 aliphatic heterocycles. The van der Waals surface area contributed by atoms with Crippen LogP contribution in [0.5, 0.6) is 5.75 Å². The van der Waals surface area contributed by atoms with E-state index in [4.69, 9.17) is 16.3 Å². The summed E-state index contributed by atoms with van der Waals surface area (Å²) in [7, 11) is 0.317. The van der Waals surface area contributed by atoms with Gasteiger partial charge in [0.1, 0.15) is 5.75 Å². The molecule has 1 aromatic carbocycles. The lowest BCUT2D eigenvalue weighted by Crippen LogP contribution is -2.48. The van der Waals surface area contributed by atoms with Crippen LogP contribution in [0.4, 0.5) is 0 Å². The average Bonchev–Trinajstić information content (AvgIpc) is 2.56. The van der Waals surface area contributed by atoms with Crippen LogP contribution in [0.1, 0.15) is 19.8 Å². The van der Waals surface area contributed by atoms with E-state index < -0.39 is 10.0 Å². The van der Waals surface area contributed by atoms with E-state index in [-0.39, 0.29) is 16.9 Å². The summed E-state index contributed by atoms with van der Waals surface area (Å²) in [6.07, 6.45) is 1.26. The van der Waals surface area contributed by atoms with Crippen LogP contribution in [0.3, 0.4) is 0 Å². The second kappa shape index (κ2) is 8.22. The largest absolute Gasteiger partial charge is 0.492 e. The Bertz CT molecular complexity index is 686. The predicted molar refractivity (Wildman–Crippen MR) is 98.7 cm³/mol. The summed E-state index contributed by atoms with van der Waals surface area (Å²) < 4.78 is 32.7. The highest BCUT2D eigenvalue weighted by atomic mass is 35.5. The molecule has 2 rings (SSSR count). The molecule has 0 atom stereocenters. The normalized spacial score (nSPS) is 18.5. The van der Waals surface area contributed by atoms with E-state index in [1.165, 1.54) is 16.4 Å². The van der Waals surface area contributed by atoms with Crippen molar-refractivity contribution in [2.45, 2.75) is 24.7 Å². The van der Waals surface area contributed by atoms with Crippen molar-refractivity contribution in [2.24, 2.45) is 5.41 Å². The van der Waals surface area contributed by atoms with Gasteiger partial charge in [-0.1, -0.05) is 11.6 Å². The lowest BCUT2D eigenvalue weighted by atomic mass is 9.79. The maximum absolute atomic E-state index is 12.9. The van der Waals surface area contributed by atoms with Gasteiger partial charge in [0.05, 0.1) is 23.1 Å². The first-order valence-corrected chi connectivity index (χ1v) is 10.2. The second-order valence-corrected chi connectivity index (χ2v) is 9.17. The summed E-state index contributed by atoms with van der Waals surface area (Å²) in [4.78, 5) is 2.22. The third-order valence-corrected chi connectivity index (χ3v) is 6.82. The van der Waals surface area contributed by atoms with Crippen molar-refractivity contribution in [1.82, 2.24) is 9.21 Å². The van der Waals surface area contributed by atoms with Crippen LogP contribution in [0.15, 0.2) is 23.1 Å². The number of hydrogen-bond donors (Lipinski definition) is 1. The van der Waals surface area contributed by atoms with Crippen LogP contribution in [0, 0.1) is 5.41 Å². The molecule has 1 aromatic rings. The second-order valence-electron chi connectivity index (χ2n) is 6.83. The number of rotatable bonds is 7. The van der Waals surface area contributed by atoms with Crippen LogP contribution in [0.2, 0.25) is 5.02 Å². The average molecular weight is 391 g/mol. The summed E-state index contributed by atoms with van der Waals surface area (Å²) >= 11 is 6.05. The Balaban J connectivity index is 2.18. The molecule has 25 heavy (non-hydrogen) atoms. The van der Waals surface area contributed by atoms with Crippen LogP contribution in [-0.4, -0.2) is 69.7 Å². The minimum Gasteiger partial charge on any atom is -0.492 e. The van der Waals surface area contributed by atoms with E-state index in [9.17, 15) is 13.5 Å². The fourth-order valence-electron chi connectivity index (χ4n) is 3.30. The molecule has 6 nitrogen and oxygen atoms in total. The van der Waals surface area contributed by atoms with Crippen molar-refractivity contribution in [3.8, 4) is 5.75 Å². The zero-order chi connectivity index (χ0) is 18.7. The fraction of sp³-hybridized carbons (Fsp3) is 0.647. The topological polar surface area (TPSA) is 70.1 Å². The number of nitrogens with zero attached hydrogens (tertiary/aromatic N) is 2. The maximum atomic E-state index is 12.9. The van der Waals surface area contributed by atoms with Crippen molar-refractivity contribution in [3.63, 3.8) is 0 Å². The molecule has 1 aliphatic rings. The molecule has 0 aromatic heterocycles. The Kier molecular flexibility index (Phi) is 6.73. The summed E-state index contributed by atoms with van der Waals surface area (Å²) in [6.45, 7) is 3.83. The zero-order valence-corrected chi connectivity index (χ0v) is 16.6. The molecule has 142 valence electrons. The van der Waals surface area contributed by atoms with Gasteiger partial charge in [-0.15, -0.1) is 0 Å². The van der Waals surface area contributed by atoms with Gasteiger partial charge in [-0.25, -0.2) is 8.42 Å². The molecule has 0 aliphatic carbocycles. The van der Waals surface area contributed by atoms with E-state index >= 15 is 0 Å².